The Morgan fingerprint density at radius 3 is 1.61 bits per heavy atom. The first-order valence-electron chi connectivity index (χ1n) is 16.6. The molecule has 1 amide bonds. The predicted octanol–water partition coefficient (Wildman–Crippen LogP) is 0.939. The van der Waals surface area contributed by atoms with Crippen LogP contribution in [0.15, 0.2) is 60.7 Å². The average Bonchev–Trinajstić information content (AvgIpc) is 3.08. The van der Waals surface area contributed by atoms with Gasteiger partial charge in [-0.15, -0.1) is 0 Å². The molecule has 0 bridgehead atoms. The number of hydrogen-bond acceptors (Lipinski definition) is 13. The Balaban J connectivity index is 1.43. The third-order valence-corrected chi connectivity index (χ3v) is 8.33. The Hall–Kier alpha value is -2.73. The van der Waals surface area contributed by atoms with Gasteiger partial charge in [0.2, 0.25) is 0 Å². The van der Waals surface area contributed by atoms with Gasteiger partial charge in [0.05, 0.1) is 25.4 Å². The highest BCUT2D eigenvalue weighted by molar-refractivity contribution is 5.67. The highest BCUT2D eigenvalue weighted by atomic mass is 16.7. The summed E-state index contributed by atoms with van der Waals surface area (Å²) < 4.78 is 28.4. The molecule has 14 heteroatoms. The molecule has 2 aliphatic heterocycles. The van der Waals surface area contributed by atoms with Gasteiger partial charge in [-0.3, -0.25) is 4.90 Å². The molecule has 2 heterocycles. The topological polar surface area (TPSA) is 191 Å². The minimum Gasteiger partial charge on any atom is -0.444 e. The predicted molar refractivity (Wildman–Crippen MR) is 176 cm³/mol. The second-order valence-electron chi connectivity index (χ2n) is 13.6. The number of hydrogen-bond donors (Lipinski definition) is 6. The van der Waals surface area contributed by atoms with Crippen molar-refractivity contribution >= 4 is 6.09 Å². The molecule has 2 fully saturated rings. The highest BCUT2D eigenvalue weighted by Crippen LogP contribution is 2.30. The molecule has 2 aromatic rings. The van der Waals surface area contributed by atoms with E-state index >= 15 is 0 Å². The van der Waals surface area contributed by atoms with Crippen LogP contribution in [0.1, 0.15) is 50.9 Å². The summed E-state index contributed by atoms with van der Waals surface area (Å²) >= 11 is 0. The Kier molecular flexibility index (Phi) is 14.3. The van der Waals surface area contributed by atoms with Gasteiger partial charge < -0.3 is 59.2 Å². The lowest BCUT2D eigenvalue weighted by Crippen LogP contribution is -2.56. The molecule has 2 aromatic carbocycles. The first-order valence-corrected chi connectivity index (χ1v) is 16.6. The number of benzene rings is 2. The molecule has 49 heavy (non-hydrogen) atoms. The molecule has 0 aromatic heterocycles. The van der Waals surface area contributed by atoms with Crippen molar-refractivity contribution in [2.24, 2.45) is 0 Å². The Morgan fingerprint density at radius 2 is 1.20 bits per heavy atom. The molecule has 2 unspecified atom stereocenters. The van der Waals surface area contributed by atoms with E-state index in [0.717, 1.165) is 0 Å². The molecule has 0 saturated carbocycles. The molecule has 4 rings (SSSR count). The van der Waals surface area contributed by atoms with Crippen molar-refractivity contribution in [1.29, 1.82) is 0 Å². The number of amides is 1. The van der Waals surface area contributed by atoms with Crippen LogP contribution in [0.5, 0.6) is 0 Å². The van der Waals surface area contributed by atoms with Crippen LogP contribution in [0.2, 0.25) is 0 Å². The number of rotatable bonds is 14. The van der Waals surface area contributed by atoms with Gasteiger partial charge in [-0.1, -0.05) is 60.7 Å². The zero-order valence-electron chi connectivity index (χ0n) is 28.5. The van der Waals surface area contributed by atoms with E-state index in [2.05, 4.69) is 0 Å². The summed E-state index contributed by atoms with van der Waals surface area (Å²) in [4.78, 5) is 15.5. The largest absolute Gasteiger partial charge is 0.444 e. The normalized spacial score (nSPS) is 27.2. The molecule has 0 radical (unpaired) electrons. The zero-order chi connectivity index (χ0) is 35.7. The van der Waals surface area contributed by atoms with Gasteiger partial charge in [0.25, 0.3) is 0 Å². The molecule has 0 aliphatic carbocycles. The summed E-state index contributed by atoms with van der Waals surface area (Å²) in [5.41, 5.74) is 0.687. The van der Waals surface area contributed by atoms with Gasteiger partial charge in [0.1, 0.15) is 42.2 Å². The van der Waals surface area contributed by atoms with E-state index in [1.165, 1.54) is 4.90 Å². The molecule has 2 aliphatic rings. The summed E-state index contributed by atoms with van der Waals surface area (Å²) in [6.45, 7) is 5.13. The zero-order valence-corrected chi connectivity index (χ0v) is 28.5. The summed E-state index contributed by atoms with van der Waals surface area (Å²) in [7, 11) is 1.59. The van der Waals surface area contributed by atoms with Crippen LogP contribution >= 0.6 is 0 Å². The number of aliphatic hydroxyl groups excluding tert-OH is 6. The maximum atomic E-state index is 12.5. The summed E-state index contributed by atoms with van der Waals surface area (Å²) in [5.74, 6) is 0. The number of aliphatic hydroxyl groups is 6. The van der Waals surface area contributed by atoms with Crippen molar-refractivity contribution in [3.05, 3.63) is 71.8 Å². The standard InChI is InChI=1S/C35H52N2O12/c1-35(2,3)49-34(44)36(4)16-11-17-37(18-24(38)28(42)30-26(40)20-45-32(47-30)22-12-7-5-8-13-22)19-25(39)29(43)31-27(41)21-46-33(48-31)23-14-9-6-10-15-23/h5-10,12-15,24-33,38-43H,11,16-21H2,1-4H3/t24-,25-,26+,27+,28+,29+,30+,31+,32?,33?/m0/s1. The van der Waals surface area contributed by atoms with E-state index in [0.29, 0.717) is 17.5 Å². The van der Waals surface area contributed by atoms with E-state index in [-0.39, 0.29) is 39.4 Å². The van der Waals surface area contributed by atoms with Crippen molar-refractivity contribution in [2.75, 3.05) is 46.4 Å². The first kappa shape index (κ1) is 39.1. The fourth-order valence-corrected chi connectivity index (χ4v) is 5.70. The van der Waals surface area contributed by atoms with Crippen LogP contribution in [0.25, 0.3) is 0 Å². The lowest BCUT2D eigenvalue weighted by atomic mass is 9.99. The maximum Gasteiger partial charge on any atom is 0.410 e. The van der Waals surface area contributed by atoms with Gasteiger partial charge in [0.15, 0.2) is 12.6 Å². The van der Waals surface area contributed by atoms with Crippen LogP contribution < -0.4 is 0 Å². The fraction of sp³-hybridized carbons (Fsp3) is 0.629. The van der Waals surface area contributed by atoms with Crippen molar-refractivity contribution in [3.63, 3.8) is 0 Å². The monoisotopic (exact) mass is 692 g/mol. The van der Waals surface area contributed by atoms with E-state index in [9.17, 15) is 35.4 Å². The SMILES string of the molecule is CN(CCCN(C[C@H](O)[C@@H](O)[C@@H]1OC(c2ccccc2)OC[C@H]1O)C[C@H](O)[C@@H](O)[C@@H]1OC(c2ccccc2)OC[C@H]1O)C(=O)OC(C)(C)C. The van der Waals surface area contributed by atoms with Gasteiger partial charge in [-0.2, -0.15) is 0 Å². The van der Waals surface area contributed by atoms with Gasteiger partial charge in [0, 0.05) is 44.4 Å². The molecular weight excluding hydrogens is 640 g/mol. The van der Waals surface area contributed by atoms with Gasteiger partial charge in [-0.05, 0) is 27.2 Å². The average molecular weight is 693 g/mol. The van der Waals surface area contributed by atoms with E-state index in [1.807, 2.05) is 12.1 Å². The summed E-state index contributed by atoms with van der Waals surface area (Å²) in [6.07, 6.45) is -12.7. The molecule has 6 N–H and O–H groups in total. The van der Waals surface area contributed by atoms with E-state index in [4.69, 9.17) is 23.7 Å². The Bertz CT molecular complexity index is 1190. The first-order chi connectivity index (χ1) is 23.2. The fourth-order valence-electron chi connectivity index (χ4n) is 5.70. The quantitative estimate of drug-likeness (QED) is 0.164. The lowest BCUT2D eigenvalue weighted by Gasteiger charge is -2.40. The molecular formula is C35H52N2O12. The third-order valence-electron chi connectivity index (χ3n) is 8.33. The summed E-state index contributed by atoms with van der Waals surface area (Å²) in [5, 5.41) is 66.0. The number of ether oxygens (including phenoxy) is 5. The number of nitrogens with zero attached hydrogens (tertiary/aromatic N) is 2. The van der Waals surface area contributed by atoms with Crippen molar-refractivity contribution in [3.8, 4) is 0 Å². The van der Waals surface area contributed by atoms with Crippen LogP contribution in [-0.4, -0.2) is 147 Å². The third kappa shape index (κ3) is 11.4. The van der Waals surface area contributed by atoms with Crippen molar-refractivity contribution < 1.29 is 59.1 Å². The van der Waals surface area contributed by atoms with Gasteiger partial charge >= 0.3 is 6.09 Å². The molecule has 14 nitrogen and oxygen atoms in total. The Morgan fingerprint density at radius 1 is 0.776 bits per heavy atom. The van der Waals surface area contributed by atoms with E-state index in [1.54, 1.807) is 81.2 Å². The maximum absolute atomic E-state index is 12.5. The van der Waals surface area contributed by atoms with Crippen LogP contribution in [-0.2, 0) is 23.7 Å². The minimum atomic E-state index is -1.55. The second kappa shape index (κ2) is 18.0. The highest BCUT2D eigenvalue weighted by Gasteiger charge is 2.42. The minimum absolute atomic E-state index is 0.128. The van der Waals surface area contributed by atoms with Gasteiger partial charge in [-0.25, -0.2) is 4.79 Å². The smallest absolute Gasteiger partial charge is 0.410 e. The molecule has 0 spiro atoms. The van der Waals surface area contributed by atoms with Crippen LogP contribution in [0, 0.1) is 0 Å². The van der Waals surface area contributed by atoms with E-state index < -0.39 is 73.1 Å². The van der Waals surface area contributed by atoms with Crippen molar-refractivity contribution in [1.82, 2.24) is 9.80 Å². The second-order valence-corrected chi connectivity index (χ2v) is 13.6. The molecule has 10 atom stereocenters. The van der Waals surface area contributed by atoms with Crippen LogP contribution in [0.3, 0.4) is 0 Å². The molecule has 274 valence electrons. The van der Waals surface area contributed by atoms with Crippen molar-refractivity contribution in [2.45, 2.75) is 94.2 Å². The number of carbonyl (C=O) groups is 1. The lowest BCUT2D eigenvalue weighted by molar-refractivity contribution is -0.285. The number of carbonyl (C=O) groups excluding carboxylic acids is 1. The van der Waals surface area contributed by atoms with Crippen LogP contribution in [0.4, 0.5) is 4.79 Å². The summed E-state index contributed by atoms with van der Waals surface area (Å²) in [6, 6.07) is 18.0. The Labute approximate surface area is 287 Å². The molecule has 2 saturated heterocycles.